The summed E-state index contributed by atoms with van der Waals surface area (Å²) in [6.45, 7) is 25.4. The van der Waals surface area contributed by atoms with Crippen molar-refractivity contribution in [2.45, 2.75) is 111 Å². The fraction of sp³-hybridized carbons (Fsp3) is 0.742. The topological polar surface area (TPSA) is 77.1 Å². The highest BCUT2D eigenvalue weighted by atomic mass is 35.5. The van der Waals surface area contributed by atoms with Crippen LogP contribution in [-0.4, -0.2) is 63.0 Å². The molecule has 0 fully saturated rings. The smallest absolute Gasteiger partial charge is 0.407 e. The van der Waals surface area contributed by atoms with Crippen LogP contribution in [0.2, 0.25) is 18.1 Å². The number of nitrogens with one attached hydrogen (secondary N) is 1. The van der Waals surface area contributed by atoms with Crippen LogP contribution in [0.25, 0.3) is 0 Å². The third-order valence-corrected chi connectivity index (χ3v) is 11.8. The molecule has 0 spiro atoms. The van der Waals surface area contributed by atoms with E-state index in [-0.39, 0.29) is 24.0 Å². The molecule has 1 rings (SSSR count). The first kappa shape index (κ1) is 37.5. The Kier molecular flexibility index (Phi) is 14.0. The van der Waals surface area contributed by atoms with Crippen LogP contribution in [0.1, 0.15) is 86.0 Å². The molecule has 0 saturated carbocycles. The maximum atomic E-state index is 13.2. The van der Waals surface area contributed by atoms with E-state index in [0.29, 0.717) is 24.8 Å². The lowest BCUT2D eigenvalue weighted by molar-refractivity contribution is -0.157. The summed E-state index contributed by atoms with van der Waals surface area (Å²) in [6.07, 6.45) is -0.978. The summed E-state index contributed by atoms with van der Waals surface area (Å²) < 4.78 is 18.4. The summed E-state index contributed by atoms with van der Waals surface area (Å²) in [5.41, 5.74) is 1.67. The number of esters is 1. The maximum Gasteiger partial charge on any atom is 0.407 e. The number of nitrogens with zero attached hydrogens (tertiary/aromatic N) is 1. The number of rotatable bonds is 13. The average molecular weight is 634 g/mol. The van der Waals surface area contributed by atoms with E-state index in [4.69, 9.17) is 37.1 Å². The Balaban J connectivity index is 3.71. The summed E-state index contributed by atoms with van der Waals surface area (Å²) in [4.78, 5) is 28.1. The van der Waals surface area contributed by atoms with Gasteiger partial charge in [-0.25, -0.2) is 4.79 Å². The zero-order valence-electron chi connectivity index (χ0n) is 27.4. The summed E-state index contributed by atoms with van der Waals surface area (Å²) in [5.74, 6) is 0.155. The maximum absolute atomic E-state index is 13.2. The van der Waals surface area contributed by atoms with Gasteiger partial charge in [0.15, 0.2) is 8.32 Å². The fourth-order valence-corrected chi connectivity index (χ4v) is 5.74. The molecule has 1 aromatic rings. The normalized spacial score (nSPS) is 14.3. The zero-order chi connectivity index (χ0) is 31.8. The van der Waals surface area contributed by atoms with Gasteiger partial charge < -0.3 is 24.1 Å². The number of hydrogen-bond donors (Lipinski definition) is 1. The molecule has 0 aromatic heterocycles. The van der Waals surface area contributed by atoms with Crippen LogP contribution in [0.3, 0.4) is 0 Å². The molecule has 7 nitrogen and oxygen atoms in total. The van der Waals surface area contributed by atoms with Crippen molar-refractivity contribution in [1.29, 1.82) is 0 Å². The minimum absolute atomic E-state index is 0.0586. The van der Waals surface area contributed by atoms with Crippen LogP contribution in [0.15, 0.2) is 18.2 Å². The van der Waals surface area contributed by atoms with Crippen LogP contribution in [0.4, 0.5) is 10.5 Å². The highest BCUT2D eigenvalue weighted by molar-refractivity contribution is 6.74. The van der Waals surface area contributed by atoms with Crippen molar-refractivity contribution >= 4 is 49.3 Å². The highest BCUT2D eigenvalue weighted by Crippen LogP contribution is 2.43. The standard InChI is InChI=1S/C31H54Cl2N2O5Si/c1-22-13-14-24(35(17-15-32)18-16-33)20-25(22)27(40-41(11,12)31(8,9)10)23(19-26(36)38-29(2,3)4)21-34-28(37)39-30(5,6)7/h13-14,20,23,27H,15-19,21H2,1-12H3,(H,34,37). The number of alkyl carbamates (subject to hydrolysis) is 1. The van der Waals surface area contributed by atoms with Crippen LogP contribution in [0.5, 0.6) is 0 Å². The molecular weight excluding hydrogens is 579 g/mol. The van der Waals surface area contributed by atoms with Crippen molar-refractivity contribution in [2.75, 3.05) is 36.3 Å². The Hall–Kier alpha value is -1.48. The van der Waals surface area contributed by atoms with Gasteiger partial charge in [0.2, 0.25) is 0 Å². The van der Waals surface area contributed by atoms with Crippen LogP contribution in [-0.2, 0) is 18.7 Å². The molecule has 0 aliphatic heterocycles. The second kappa shape index (κ2) is 15.3. The number of hydrogen-bond acceptors (Lipinski definition) is 6. The molecule has 41 heavy (non-hydrogen) atoms. The summed E-state index contributed by atoms with van der Waals surface area (Å²) in [7, 11) is -2.36. The molecule has 0 bridgehead atoms. The number of alkyl halides is 2. The molecule has 10 heteroatoms. The molecule has 0 aliphatic carbocycles. The summed E-state index contributed by atoms with van der Waals surface area (Å²) in [5, 5.41) is 2.81. The van der Waals surface area contributed by atoms with Gasteiger partial charge in [0.1, 0.15) is 11.2 Å². The van der Waals surface area contributed by atoms with E-state index in [1.807, 2.05) is 48.5 Å². The molecular formula is C31H54Cl2N2O5Si. The monoisotopic (exact) mass is 632 g/mol. The van der Waals surface area contributed by atoms with Gasteiger partial charge in [0.25, 0.3) is 0 Å². The SMILES string of the molecule is Cc1ccc(N(CCCl)CCCl)cc1C(O[Si](C)(C)C(C)(C)C)C(CNC(=O)OC(C)(C)C)CC(=O)OC(C)(C)C. The summed E-state index contributed by atoms with van der Waals surface area (Å²) in [6, 6.07) is 6.24. The van der Waals surface area contributed by atoms with Crippen LogP contribution < -0.4 is 10.2 Å². The van der Waals surface area contributed by atoms with Crippen molar-refractivity contribution in [2.24, 2.45) is 5.92 Å². The first-order chi connectivity index (χ1) is 18.6. The number of carbonyl (C=O) groups is 2. The number of carbonyl (C=O) groups excluding carboxylic acids is 2. The second-order valence-corrected chi connectivity index (χ2v) is 19.7. The van der Waals surface area contributed by atoms with Gasteiger partial charge in [-0.2, -0.15) is 0 Å². The Morgan fingerprint density at radius 1 is 0.927 bits per heavy atom. The number of halogens is 2. The van der Waals surface area contributed by atoms with Crippen molar-refractivity contribution in [3.8, 4) is 0 Å². The van der Waals surface area contributed by atoms with Crippen molar-refractivity contribution < 1.29 is 23.5 Å². The van der Waals surface area contributed by atoms with E-state index < -0.39 is 37.6 Å². The predicted molar refractivity (Wildman–Crippen MR) is 174 cm³/mol. The quantitative estimate of drug-likeness (QED) is 0.134. The second-order valence-electron chi connectivity index (χ2n) is 14.1. The minimum atomic E-state index is -2.36. The van der Waals surface area contributed by atoms with Gasteiger partial charge in [0.05, 0.1) is 12.5 Å². The molecule has 1 aromatic carbocycles. The predicted octanol–water partition coefficient (Wildman–Crippen LogP) is 8.21. The molecule has 1 N–H and O–H groups in total. The molecule has 0 heterocycles. The lowest BCUT2D eigenvalue weighted by Crippen LogP contribution is -2.45. The van der Waals surface area contributed by atoms with Gasteiger partial charge >= 0.3 is 12.1 Å². The van der Waals surface area contributed by atoms with E-state index in [9.17, 15) is 9.59 Å². The lowest BCUT2D eigenvalue weighted by atomic mass is 9.89. The van der Waals surface area contributed by atoms with Crippen molar-refractivity contribution in [3.05, 3.63) is 29.3 Å². The Labute approximate surface area is 260 Å². The number of ether oxygens (including phenoxy) is 2. The average Bonchev–Trinajstić information content (AvgIpc) is 2.77. The zero-order valence-corrected chi connectivity index (χ0v) is 29.9. The van der Waals surface area contributed by atoms with E-state index in [0.717, 1.165) is 16.8 Å². The molecule has 0 aliphatic rings. The van der Waals surface area contributed by atoms with E-state index in [1.54, 1.807) is 0 Å². The number of amides is 1. The minimum Gasteiger partial charge on any atom is -0.460 e. The van der Waals surface area contributed by atoms with Crippen LogP contribution in [0, 0.1) is 12.8 Å². The van der Waals surface area contributed by atoms with Gasteiger partial charge in [0, 0.05) is 43.0 Å². The Morgan fingerprint density at radius 2 is 1.46 bits per heavy atom. The number of benzene rings is 1. The molecule has 2 unspecified atom stereocenters. The van der Waals surface area contributed by atoms with Gasteiger partial charge in [-0.15, -0.1) is 23.2 Å². The molecule has 2 atom stereocenters. The Morgan fingerprint density at radius 3 is 1.93 bits per heavy atom. The van der Waals surface area contributed by atoms with Crippen molar-refractivity contribution in [1.82, 2.24) is 5.32 Å². The van der Waals surface area contributed by atoms with E-state index in [1.165, 1.54) is 0 Å². The highest BCUT2D eigenvalue weighted by Gasteiger charge is 2.42. The number of aryl methyl sites for hydroxylation is 1. The lowest BCUT2D eigenvalue weighted by Gasteiger charge is -2.42. The summed E-state index contributed by atoms with van der Waals surface area (Å²) >= 11 is 12.2. The van der Waals surface area contributed by atoms with E-state index >= 15 is 0 Å². The molecule has 1 amide bonds. The number of anilines is 1. The third kappa shape index (κ3) is 13.1. The van der Waals surface area contributed by atoms with Gasteiger partial charge in [-0.3, -0.25) is 4.79 Å². The first-order valence-electron chi connectivity index (χ1n) is 14.4. The third-order valence-electron chi connectivity index (χ3n) is 7.06. The van der Waals surface area contributed by atoms with Gasteiger partial charge in [-0.05, 0) is 89.9 Å². The van der Waals surface area contributed by atoms with Gasteiger partial charge in [-0.1, -0.05) is 26.8 Å². The largest absolute Gasteiger partial charge is 0.460 e. The van der Waals surface area contributed by atoms with Crippen molar-refractivity contribution in [3.63, 3.8) is 0 Å². The fourth-order valence-electron chi connectivity index (χ4n) is 4.03. The Bertz CT molecular complexity index is 994. The molecule has 0 saturated heterocycles. The molecule has 236 valence electrons. The van der Waals surface area contributed by atoms with E-state index in [2.05, 4.69) is 62.3 Å². The van der Waals surface area contributed by atoms with Crippen LogP contribution >= 0.6 is 23.2 Å². The first-order valence-corrected chi connectivity index (χ1v) is 18.4. The molecule has 0 radical (unpaired) electrons.